The molecule has 2 nitrogen and oxygen atoms in total. The summed E-state index contributed by atoms with van der Waals surface area (Å²) in [6, 6.07) is 9.80. The van der Waals surface area contributed by atoms with Crippen molar-refractivity contribution in [3.05, 3.63) is 56.5 Å². The van der Waals surface area contributed by atoms with Gasteiger partial charge >= 0.3 is 0 Å². The fraction of sp³-hybridized carbons (Fsp3) is 0.200. The van der Waals surface area contributed by atoms with Crippen LogP contribution in [0.25, 0.3) is 0 Å². The van der Waals surface area contributed by atoms with Gasteiger partial charge in [-0.3, -0.25) is 0 Å². The Morgan fingerprint density at radius 2 is 1.74 bits per heavy atom. The average Bonchev–Trinajstić information content (AvgIpc) is 2.25. The van der Waals surface area contributed by atoms with E-state index >= 15 is 0 Å². The summed E-state index contributed by atoms with van der Waals surface area (Å²) in [5.74, 6) is 0.628. The summed E-state index contributed by atoms with van der Waals surface area (Å²) >= 11 is 9.33. The summed E-state index contributed by atoms with van der Waals surface area (Å²) in [5.41, 5.74) is 10.0. The Morgan fingerprint density at radius 3 is 2.32 bits per heavy atom. The van der Waals surface area contributed by atoms with Crippen LogP contribution in [0.15, 0.2) is 34.8 Å². The normalized spacial score (nSPS) is 10.5. The molecule has 0 spiro atoms. The van der Waals surface area contributed by atoms with E-state index in [9.17, 15) is 0 Å². The van der Waals surface area contributed by atoms with Gasteiger partial charge in [0, 0.05) is 5.02 Å². The predicted octanol–water partition coefficient (Wildman–Crippen LogP) is 4.88. The number of anilines is 1. The van der Waals surface area contributed by atoms with Gasteiger partial charge in [-0.2, -0.15) is 0 Å². The first-order valence-corrected chi connectivity index (χ1v) is 7.07. The molecule has 2 aromatic rings. The van der Waals surface area contributed by atoms with Crippen LogP contribution in [-0.2, 0) is 6.61 Å². The summed E-state index contributed by atoms with van der Waals surface area (Å²) < 4.78 is 6.55. The first-order chi connectivity index (χ1) is 8.95. The van der Waals surface area contributed by atoms with Gasteiger partial charge in [-0.25, -0.2) is 0 Å². The Balaban J connectivity index is 2.19. The Kier molecular flexibility index (Phi) is 4.38. The number of nitrogens with two attached hydrogens (primary N) is 1. The molecule has 0 radical (unpaired) electrons. The maximum absolute atomic E-state index is 5.92. The highest BCUT2D eigenvalue weighted by molar-refractivity contribution is 9.10. The minimum atomic E-state index is 0.479. The van der Waals surface area contributed by atoms with Gasteiger partial charge in [0.05, 0.1) is 10.2 Å². The topological polar surface area (TPSA) is 35.2 Å². The van der Waals surface area contributed by atoms with Crippen LogP contribution in [0.3, 0.4) is 0 Å². The third-order valence-electron chi connectivity index (χ3n) is 2.70. The number of aryl methyl sites for hydroxylation is 2. The molecule has 100 valence electrons. The zero-order chi connectivity index (χ0) is 14.0. The number of halogens is 2. The quantitative estimate of drug-likeness (QED) is 0.808. The van der Waals surface area contributed by atoms with E-state index < -0.39 is 0 Å². The van der Waals surface area contributed by atoms with E-state index in [2.05, 4.69) is 48.0 Å². The monoisotopic (exact) mass is 339 g/mol. The minimum absolute atomic E-state index is 0.479. The van der Waals surface area contributed by atoms with Crippen LogP contribution in [0.4, 0.5) is 5.69 Å². The molecule has 2 N–H and O–H groups in total. The Labute approximate surface area is 126 Å². The van der Waals surface area contributed by atoms with E-state index in [-0.39, 0.29) is 0 Å². The van der Waals surface area contributed by atoms with Gasteiger partial charge in [0.1, 0.15) is 6.61 Å². The highest BCUT2D eigenvalue weighted by Crippen LogP contribution is 2.35. The number of rotatable bonds is 3. The van der Waals surface area contributed by atoms with Crippen LogP contribution in [0.5, 0.6) is 5.75 Å². The second kappa shape index (κ2) is 5.85. The molecule has 4 heteroatoms. The fourth-order valence-electron chi connectivity index (χ4n) is 2.04. The standard InChI is InChI=1S/C15H15BrClNO/c1-9-3-10(2)5-11(4-9)8-19-15-13(16)6-12(17)7-14(15)18/h3-7H,8,18H2,1-2H3. The van der Waals surface area contributed by atoms with Crippen LogP contribution in [0.2, 0.25) is 5.02 Å². The Hall–Kier alpha value is -1.19. The third kappa shape index (κ3) is 3.64. The van der Waals surface area contributed by atoms with Crippen molar-refractivity contribution in [3.63, 3.8) is 0 Å². The van der Waals surface area contributed by atoms with Gasteiger partial charge in [-0.1, -0.05) is 40.9 Å². The van der Waals surface area contributed by atoms with Crippen LogP contribution in [0, 0.1) is 13.8 Å². The van der Waals surface area contributed by atoms with Crippen molar-refractivity contribution in [2.24, 2.45) is 0 Å². The number of ether oxygens (including phenoxy) is 1. The molecular weight excluding hydrogens is 326 g/mol. The molecule has 0 unspecified atom stereocenters. The van der Waals surface area contributed by atoms with Gasteiger partial charge in [-0.15, -0.1) is 0 Å². The summed E-state index contributed by atoms with van der Waals surface area (Å²) in [6.45, 7) is 4.62. The number of hydrogen-bond donors (Lipinski definition) is 1. The van der Waals surface area contributed by atoms with E-state index in [4.69, 9.17) is 22.1 Å². The van der Waals surface area contributed by atoms with E-state index in [0.717, 1.165) is 10.0 Å². The van der Waals surface area contributed by atoms with E-state index in [1.54, 1.807) is 12.1 Å². The number of nitrogen functional groups attached to an aromatic ring is 1. The molecule has 0 saturated heterocycles. The van der Waals surface area contributed by atoms with Crippen LogP contribution in [0.1, 0.15) is 16.7 Å². The second-order valence-electron chi connectivity index (χ2n) is 4.59. The molecule has 0 saturated carbocycles. The molecule has 0 fully saturated rings. The summed E-state index contributed by atoms with van der Waals surface area (Å²) in [7, 11) is 0. The third-order valence-corrected chi connectivity index (χ3v) is 3.51. The van der Waals surface area contributed by atoms with Crippen LogP contribution >= 0.6 is 27.5 Å². The Bertz CT molecular complexity index is 570. The summed E-state index contributed by atoms with van der Waals surface area (Å²) in [6.07, 6.45) is 0. The molecule has 0 heterocycles. The Morgan fingerprint density at radius 1 is 1.11 bits per heavy atom. The highest BCUT2D eigenvalue weighted by atomic mass is 79.9. The summed E-state index contributed by atoms with van der Waals surface area (Å²) in [4.78, 5) is 0. The molecule has 19 heavy (non-hydrogen) atoms. The van der Waals surface area contributed by atoms with Crippen molar-refractivity contribution in [2.75, 3.05) is 5.73 Å². The molecule has 0 aromatic heterocycles. The average molecular weight is 341 g/mol. The SMILES string of the molecule is Cc1cc(C)cc(COc2c(N)cc(Cl)cc2Br)c1. The summed E-state index contributed by atoms with van der Waals surface area (Å²) in [5, 5.41) is 0.586. The fourth-order valence-corrected chi connectivity index (χ4v) is 2.99. The van der Waals surface area contributed by atoms with Gasteiger partial charge in [-0.05, 0) is 47.5 Å². The van der Waals surface area contributed by atoms with Gasteiger partial charge in [0.25, 0.3) is 0 Å². The maximum Gasteiger partial charge on any atom is 0.156 e. The maximum atomic E-state index is 5.92. The zero-order valence-electron chi connectivity index (χ0n) is 10.8. The molecule has 0 aliphatic carbocycles. The lowest BCUT2D eigenvalue weighted by Crippen LogP contribution is -2.00. The second-order valence-corrected chi connectivity index (χ2v) is 5.88. The molecular formula is C15H15BrClNO. The van der Waals surface area contributed by atoms with Crippen molar-refractivity contribution in [1.29, 1.82) is 0 Å². The predicted molar refractivity (Wildman–Crippen MR) is 83.8 cm³/mol. The number of benzene rings is 2. The van der Waals surface area contributed by atoms with Crippen molar-refractivity contribution < 1.29 is 4.74 Å². The van der Waals surface area contributed by atoms with Crippen molar-refractivity contribution >= 4 is 33.2 Å². The lowest BCUT2D eigenvalue weighted by Gasteiger charge is -2.12. The molecule has 0 aliphatic heterocycles. The molecule has 0 bridgehead atoms. The first-order valence-electron chi connectivity index (χ1n) is 5.90. The lowest BCUT2D eigenvalue weighted by atomic mass is 10.1. The molecule has 0 atom stereocenters. The van der Waals surface area contributed by atoms with Crippen LogP contribution in [-0.4, -0.2) is 0 Å². The van der Waals surface area contributed by atoms with Gasteiger partial charge in [0.15, 0.2) is 5.75 Å². The van der Waals surface area contributed by atoms with Crippen molar-refractivity contribution in [2.45, 2.75) is 20.5 Å². The van der Waals surface area contributed by atoms with Crippen molar-refractivity contribution in [1.82, 2.24) is 0 Å². The van der Waals surface area contributed by atoms with Crippen molar-refractivity contribution in [3.8, 4) is 5.75 Å². The molecule has 0 amide bonds. The first kappa shape index (κ1) is 14.2. The molecule has 2 aromatic carbocycles. The smallest absolute Gasteiger partial charge is 0.156 e. The minimum Gasteiger partial charge on any atom is -0.486 e. The highest BCUT2D eigenvalue weighted by Gasteiger charge is 2.08. The van der Waals surface area contributed by atoms with Gasteiger partial charge < -0.3 is 10.5 Å². The zero-order valence-corrected chi connectivity index (χ0v) is 13.2. The molecule has 0 aliphatic rings. The van der Waals surface area contributed by atoms with E-state index in [1.165, 1.54) is 11.1 Å². The molecule has 2 rings (SSSR count). The largest absolute Gasteiger partial charge is 0.486 e. The lowest BCUT2D eigenvalue weighted by molar-refractivity contribution is 0.306. The van der Waals surface area contributed by atoms with E-state index in [0.29, 0.717) is 23.1 Å². The van der Waals surface area contributed by atoms with E-state index in [1.807, 2.05) is 0 Å². The van der Waals surface area contributed by atoms with Crippen LogP contribution < -0.4 is 10.5 Å². The van der Waals surface area contributed by atoms with Gasteiger partial charge in [0.2, 0.25) is 0 Å². The number of hydrogen-bond acceptors (Lipinski definition) is 2.